The number of carbonyl (C=O) groups excluding carboxylic acids is 1. The first kappa shape index (κ1) is 11.3. The number of hydrogen-bond acceptors (Lipinski definition) is 2. The predicted molar refractivity (Wildman–Crippen MR) is 63.4 cm³/mol. The fourth-order valence-electron chi connectivity index (χ4n) is 2.49. The van der Waals surface area contributed by atoms with E-state index in [-0.39, 0.29) is 5.78 Å². The molecule has 0 unspecified atom stereocenters. The Labute approximate surface area is 96.6 Å². The SMILES string of the molecule is COC1(C(=O)Cc2ccccc2)CCCC1. The predicted octanol–water partition coefficient (Wildman–Crippen LogP) is 2.76. The second-order valence-corrected chi connectivity index (χ2v) is 4.49. The summed E-state index contributed by atoms with van der Waals surface area (Å²) in [4.78, 5) is 12.2. The van der Waals surface area contributed by atoms with Crippen LogP contribution >= 0.6 is 0 Å². The zero-order valence-electron chi connectivity index (χ0n) is 9.74. The van der Waals surface area contributed by atoms with Crippen LogP contribution in [0.5, 0.6) is 0 Å². The van der Waals surface area contributed by atoms with Crippen molar-refractivity contribution in [2.45, 2.75) is 37.7 Å². The maximum absolute atomic E-state index is 12.2. The number of methoxy groups -OCH3 is 1. The molecule has 2 nitrogen and oxygen atoms in total. The minimum atomic E-state index is -0.490. The van der Waals surface area contributed by atoms with Gasteiger partial charge in [0.2, 0.25) is 0 Å². The molecule has 0 heterocycles. The Kier molecular flexibility index (Phi) is 3.39. The Bertz CT molecular complexity index is 350. The summed E-state index contributed by atoms with van der Waals surface area (Å²) < 4.78 is 5.48. The Morgan fingerprint density at radius 2 is 1.88 bits per heavy atom. The molecule has 1 aromatic rings. The summed E-state index contributed by atoms with van der Waals surface area (Å²) in [7, 11) is 1.66. The maximum atomic E-state index is 12.2. The third kappa shape index (κ3) is 2.17. The zero-order valence-corrected chi connectivity index (χ0v) is 9.74. The van der Waals surface area contributed by atoms with E-state index in [1.165, 1.54) is 0 Å². The van der Waals surface area contributed by atoms with Crippen LogP contribution in [0.1, 0.15) is 31.2 Å². The van der Waals surface area contributed by atoms with Crippen LogP contribution in [0.15, 0.2) is 30.3 Å². The molecule has 0 bridgehead atoms. The highest BCUT2D eigenvalue weighted by molar-refractivity contribution is 5.89. The molecule has 0 N–H and O–H groups in total. The lowest BCUT2D eigenvalue weighted by molar-refractivity contribution is -0.139. The summed E-state index contributed by atoms with van der Waals surface area (Å²) in [5.41, 5.74) is 0.589. The number of ketones is 1. The molecular formula is C14H18O2. The topological polar surface area (TPSA) is 26.3 Å². The van der Waals surface area contributed by atoms with Crippen LogP contribution in [-0.2, 0) is 16.0 Å². The molecular weight excluding hydrogens is 200 g/mol. The van der Waals surface area contributed by atoms with Gasteiger partial charge in [0.05, 0.1) is 0 Å². The Morgan fingerprint density at radius 3 is 2.44 bits per heavy atom. The average Bonchev–Trinajstić information content (AvgIpc) is 2.80. The molecule has 0 amide bonds. The van der Waals surface area contributed by atoms with Gasteiger partial charge in [0, 0.05) is 13.5 Å². The van der Waals surface area contributed by atoms with Crippen molar-refractivity contribution in [3.8, 4) is 0 Å². The molecule has 0 aromatic heterocycles. The number of ether oxygens (including phenoxy) is 1. The van der Waals surface area contributed by atoms with E-state index in [4.69, 9.17) is 4.74 Å². The van der Waals surface area contributed by atoms with Crippen molar-refractivity contribution in [2.24, 2.45) is 0 Å². The van der Waals surface area contributed by atoms with Crippen LogP contribution in [0.2, 0.25) is 0 Å². The molecule has 0 saturated heterocycles. The quantitative estimate of drug-likeness (QED) is 0.776. The lowest BCUT2D eigenvalue weighted by Crippen LogP contribution is -2.38. The Hall–Kier alpha value is -1.15. The van der Waals surface area contributed by atoms with E-state index in [1.54, 1.807) is 7.11 Å². The van der Waals surface area contributed by atoms with Gasteiger partial charge in [0.15, 0.2) is 5.78 Å². The smallest absolute Gasteiger partial charge is 0.168 e. The average molecular weight is 218 g/mol. The van der Waals surface area contributed by atoms with Gasteiger partial charge in [0.25, 0.3) is 0 Å². The Balaban J connectivity index is 2.07. The van der Waals surface area contributed by atoms with Crippen molar-refractivity contribution < 1.29 is 9.53 Å². The lowest BCUT2D eigenvalue weighted by Gasteiger charge is -2.25. The van der Waals surface area contributed by atoms with Crippen molar-refractivity contribution in [3.05, 3.63) is 35.9 Å². The first-order valence-corrected chi connectivity index (χ1v) is 5.89. The molecule has 1 saturated carbocycles. The van der Waals surface area contributed by atoms with E-state index in [2.05, 4.69) is 0 Å². The minimum absolute atomic E-state index is 0.235. The molecule has 0 radical (unpaired) electrons. The second-order valence-electron chi connectivity index (χ2n) is 4.49. The summed E-state index contributed by atoms with van der Waals surface area (Å²) in [6.07, 6.45) is 4.47. The number of Topliss-reactive ketones (excluding diaryl/α,β-unsaturated/α-hetero) is 1. The first-order chi connectivity index (χ1) is 7.77. The van der Waals surface area contributed by atoms with Gasteiger partial charge >= 0.3 is 0 Å². The first-order valence-electron chi connectivity index (χ1n) is 5.89. The Morgan fingerprint density at radius 1 is 1.25 bits per heavy atom. The van der Waals surface area contributed by atoms with Crippen LogP contribution in [0.25, 0.3) is 0 Å². The largest absolute Gasteiger partial charge is 0.370 e. The van der Waals surface area contributed by atoms with E-state index in [1.807, 2.05) is 30.3 Å². The molecule has 16 heavy (non-hydrogen) atoms. The van der Waals surface area contributed by atoms with Gasteiger partial charge < -0.3 is 4.74 Å². The minimum Gasteiger partial charge on any atom is -0.370 e. The van der Waals surface area contributed by atoms with Crippen molar-refractivity contribution >= 4 is 5.78 Å². The highest BCUT2D eigenvalue weighted by Crippen LogP contribution is 2.34. The molecule has 86 valence electrons. The molecule has 0 atom stereocenters. The number of hydrogen-bond donors (Lipinski definition) is 0. The number of benzene rings is 1. The molecule has 1 aromatic carbocycles. The van der Waals surface area contributed by atoms with E-state index in [9.17, 15) is 4.79 Å². The zero-order chi connectivity index (χ0) is 11.4. The fourth-order valence-corrected chi connectivity index (χ4v) is 2.49. The van der Waals surface area contributed by atoms with Crippen LogP contribution in [0.4, 0.5) is 0 Å². The summed E-state index contributed by atoms with van der Waals surface area (Å²) in [5, 5.41) is 0. The third-order valence-electron chi connectivity index (χ3n) is 3.52. The van der Waals surface area contributed by atoms with Gasteiger partial charge in [0.1, 0.15) is 5.60 Å². The number of carbonyl (C=O) groups is 1. The van der Waals surface area contributed by atoms with Gasteiger partial charge in [-0.1, -0.05) is 30.3 Å². The van der Waals surface area contributed by atoms with Gasteiger partial charge in [-0.25, -0.2) is 0 Å². The van der Waals surface area contributed by atoms with Crippen LogP contribution in [0.3, 0.4) is 0 Å². The van der Waals surface area contributed by atoms with E-state index in [0.29, 0.717) is 6.42 Å². The highest BCUT2D eigenvalue weighted by Gasteiger charge is 2.40. The maximum Gasteiger partial charge on any atom is 0.168 e. The molecule has 2 heteroatoms. The van der Waals surface area contributed by atoms with Crippen LogP contribution in [-0.4, -0.2) is 18.5 Å². The molecule has 1 aliphatic rings. The van der Waals surface area contributed by atoms with Crippen LogP contribution in [0, 0.1) is 0 Å². The van der Waals surface area contributed by atoms with Gasteiger partial charge in [-0.05, 0) is 31.2 Å². The van der Waals surface area contributed by atoms with Crippen molar-refractivity contribution in [2.75, 3.05) is 7.11 Å². The van der Waals surface area contributed by atoms with Crippen molar-refractivity contribution in [1.82, 2.24) is 0 Å². The molecule has 0 spiro atoms. The molecule has 1 aliphatic carbocycles. The highest BCUT2D eigenvalue weighted by atomic mass is 16.5. The lowest BCUT2D eigenvalue weighted by atomic mass is 9.91. The van der Waals surface area contributed by atoms with Gasteiger partial charge in [-0.2, -0.15) is 0 Å². The third-order valence-corrected chi connectivity index (χ3v) is 3.52. The van der Waals surface area contributed by atoms with Gasteiger partial charge in [-0.15, -0.1) is 0 Å². The number of rotatable bonds is 4. The van der Waals surface area contributed by atoms with Crippen LogP contribution < -0.4 is 0 Å². The van der Waals surface area contributed by atoms with E-state index in [0.717, 1.165) is 31.2 Å². The monoisotopic (exact) mass is 218 g/mol. The molecule has 2 rings (SSSR count). The summed E-state index contributed by atoms with van der Waals surface area (Å²) in [6, 6.07) is 9.90. The van der Waals surface area contributed by atoms with E-state index < -0.39 is 5.60 Å². The standard InChI is InChI=1S/C14H18O2/c1-16-14(9-5-6-10-14)13(15)11-12-7-3-2-4-8-12/h2-4,7-8H,5-6,9-11H2,1H3. The van der Waals surface area contributed by atoms with Crippen molar-refractivity contribution in [3.63, 3.8) is 0 Å². The van der Waals surface area contributed by atoms with Gasteiger partial charge in [-0.3, -0.25) is 4.79 Å². The molecule has 0 aliphatic heterocycles. The van der Waals surface area contributed by atoms with E-state index >= 15 is 0 Å². The summed E-state index contributed by atoms with van der Waals surface area (Å²) in [6.45, 7) is 0. The van der Waals surface area contributed by atoms with Crippen molar-refractivity contribution in [1.29, 1.82) is 0 Å². The fraction of sp³-hybridized carbons (Fsp3) is 0.500. The normalized spacial score (nSPS) is 18.6. The summed E-state index contributed by atoms with van der Waals surface area (Å²) >= 11 is 0. The summed E-state index contributed by atoms with van der Waals surface area (Å²) in [5.74, 6) is 0.235. The molecule has 1 fully saturated rings. The second kappa shape index (κ2) is 4.79.